The van der Waals surface area contributed by atoms with E-state index in [0.717, 1.165) is 26.8 Å². The molecule has 3 rings (SSSR count). The Kier molecular flexibility index (Phi) is 5.73. The molecule has 1 amide bonds. The van der Waals surface area contributed by atoms with Crippen molar-refractivity contribution in [2.24, 2.45) is 0 Å². The number of aromatic nitrogens is 1. The van der Waals surface area contributed by atoms with Crippen molar-refractivity contribution in [1.82, 2.24) is 4.98 Å². The lowest BCUT2D eigenvalue weighted by molar-refractivity contribution is -0.856. The van der Waals surface area contributed by atoms with Crippen molar-refractivity contribution in [2.75, 3.05) is 38.3 Å². The van der Waals surface area contributed by atoms with Crippen LogP contribution in [-0.4, -0.2) is 44.3 Å². The summed E-state index contributed by atoms with van der Waals surface area (Å²) in [5.41, 5.74) is 1.68. The molecule has 4 nitrogen and oxygen atoms in total. The first-order valence-electron chi connectivity index (χ1n) is 8.19. The van der Waals surface area contributed by atoms with Crippen molar-refractivity contribution in [3.05, 3.63) is 54.1 Å². The summed E-state index contributed by atoms with van der Waals surface area (Å²) in [7, 11) is 4.19. The van der Waals surface area contributed by atoms with E-state index in [4.69, 9.17) is 4.98 Å². The van der Waals surface area contributed by atoms with Gasteiger partial charge < -0.3 is 4.90 Å². The van der Waals surface area contributed by atoms with Crippen LogP contribution < -0.4 is 9.80 Å². The third-order valence-electron chi connectivity index (χ3n) is 3.92. The van der Waals surface area contributed by atoms with E-state index in [1.807, 2.05) is 41.3 Å². The van der Waals surface area contributed by atoms with Crippen LogP contribution in [0.25, 0.3) is 10.2 Å². The molecule has 0 atom stereocenters. The van der Waals surface area contributed by atoms with Crippen molar-refractivity contribution in [3.8, 4) is 0 Å². The second-order valence-electron chi connectivity index (χ2n) is 6.08. The smallest absolute Gasteiger partial charge is 0.260 e. The van der Waals surface area contributed by atoms with Crippen molar-refractivity contribution in [1.29, 1.82) is 0 Å². The van der Waals surface area contributed by atoms with E-state index >= 15 is 0 Å². The molecule has 1 N–H and O–H groups in total. The molecule has 3 aromatic rings. The van der Waals surface area contributed by atoms with Gasteiger partial charge in [0.1, 0.15) is 0 Å². The Morgan fingerprint density at radius 3 is 2.60 bits per heavy atom. The van der Waals surface area contributed by atoms with Crippen molar-refractivity contribution < 1.29 is 9.69 Å². The predicted molar refractivity (Wildman–Crippen MR) is 107 cm³/mol. The zero-order valence-corrected chi connectivity index (χ0v) is 16.3. The zero-order chi connectivity index (χ0) is 17.8. The number of carbonyl (C=O) groups is 1. The van der Waals surface area contributed by atoms with Gasteiger partial charge in [-0.2, -0.15) is 0 Å². The van der Waals surface area contributed by atoms with E-state index in [0.29, 0.717) is 12.1 Å². The topological polar surface area (TPSA) is 37.6 Å². The molecule has 0 saturated heterocycles. The van der Waals surface area contributed by atoms with E-state index < -0.39 is 0 Å². The minimum Gasteiger partial charge on any atom is -0.338 e. The fourth-order valence-electron chi connectivity index (χ4n) is 2.55. The maximum Gasteiger partial charge on any atom is 0.260 e. The fourth-order valence-corrected chi connectivity index (χ4v) is 4.19. The first-order chi connectivity index (χ1) is 12.1. The molecule has 1 aromatic heterocycles. The van der Waals surface area contributed by atoms with Gasteiger partial charge in [0.15, 0.2) is 5.13 Å². The first-order valence-corrected chi connectivity index (χ1v) is 10.2. The lowest BCUT2D eigenvalue weighted by Crippen LogP contribution is -3.06. The Balaban J connectivity index is 2.00. The van der Waals surface area contributed by atoms with Crippen molar-refractivity contribution >= 4 is 44.4 Å². The van der Waals surface area contributed by atoms with Crippen LogP contribution in [0.2, 0.25) is 0 Å². The third-order valence-corrected chi connectivity index (χ3v) is 5.74. The van der Waals surface area contributed by atoms with Gasteiger partial charge in [-0.1, -0.05) is 35.6 Å². The largest absolute Gasteiger partial charge is 0.338 e. The summed E-state index contributed by atoms with van der Waals surface area (Å²) in [5, 5.41) is 0.770. The number of thiazole rings is 1. The van der Waals surface area contributed by atoms with Gasteiger partial charge in [0.05, 0.1) is 37.4 Å². The van der Waals surface area contributed by atoms with Crippen molar-refractivity contribution in [2.45, 2.75) is 4.90 Å². The number of hydrogen-bond acceptors (Lipinski definition) is 4. The molecule has 0 aliphatic carbocycles. The quantitative estimate of drug-likeness (QED) is 0.676. The highest BCUT2D eigenvalue weighted by Crippen LogP contribution is 2.34. The van der Waals surface area contributed by atoms with Gasteiger partial charge in [0.25, 0.3) is 5.91 Å². The van der Waals surface area contributed by atoms with E-state index in [1.54, 1.807) is 23.1 Å². The Morgan fingerprint density at radius 1 is 1.16 bits per heavy atom. The molecular weight excluding hydrogens is 350 g/mol. The Labute approximate surface area is 156 Å². The van der Waals surface area contributed by atoms with Crippen LogP contribution in [0.3, 0.4) is 0 Å². The molecule has 130 valence electrons. The average Bonchev–Trinajstić information content (AvgIpc) is 3.06. The number of benzene rings is 2. The van der Waals surface area contributed by atoms with Gasteiger partial charge >= 0.3 is 0 Å². The molecule has 0 radical (unpaired) electrons. The van der Waals surface area contributed by atoms with Gasteiger partial charge in [0, 0.05) is 10.5 Å². The lowest BCUT2D eigenvalue weighted by Gasteiger charge is -2.20. The molecule has 0 aliphatic heterocycles. The molecule has 1 heterocycles. The summed E-state index contributed by atoms with van der Waals surface area (Å²) in [5.74, 6) is 0.00612. The molecule has 0 spiro atoms. The molecule has 0 aliphatic rings. The maximum atomic E-state index is 13.1. The number of carbonyl (C=O) groups excluding carboxylic acids is 1. The number of para-hydroxylation sites is 1. The second-order valence-corrected chi connectivity index (χ2v) is 7.94. The summed E-state index contributed by atoms with van der Waals surface area (Å²) in [6.07, 6.45) is 2.05. The van der Waals surface area contributed by atoms with Crippen molar-refractivity contribution in [3.63, 3.8) is 0 Å². The molecule has 0 fully saturated rings. The number of anilines is 1. The number of rotatable bonds is 6. The summed E-state index contributed by atoms with van der Waals surface area (Å²) < 4.78 is 1.12. The summed E-state index contributed by atoms with van der Waals surface area (Å²) in [6, 6.07) is 15.6. The van der Waals surface area contributed by atoms with Gasteiger partial charge in [-0.05, 0) is 30.5 Å². The number of nitrogens with zero attached hydrogens (tertiary/aromatic N) is 2. The zero-order valence-electron chi connectivity index (χ0n) is 14.7. The number of nitrogens with one attached hydrogen (secondary N) is 1. The number of thioether (sulfide) groups is 1. The molecule has 2 aromatic carbocycles. The van der Waals surface area contributed by atoms with E-state index in [2.05, 4.69) is 32.5 Å². The number of quaternary nitrogens is 1. The minimum atomic E-state index is 0.00612. The molecule has 25 heavy (non-hydrogen) atoms. The summed E-state index contributed by atoms with van der Waals surface area (Å²) in [4.78, 5) is 22.1. The Hall–Kier alpha value is -1.89. The highest BCUT2D eigenvalue weighted by molar-refractivity contribution is 7.98. The Morgan fingerprint density at radius 2 is 1.92 bits per heavy atom. The monoisotopic (exact) mass is 372 g/mol. The highest BCUT2D eigenvalue weighted by Gasteiger charge is 2.22. The minimum absolute atomic E-state index is 0.00612. The molecule has 0 unspecified atom stereocenters. The number of hydrogen-bond donors (Lipinski definition) is 1. The van der Waals surface area contributed by atoms with Crippen LogP contribution in [0, 0.1) is 0 Å². The maximum absolute atomic E-state index is 13.1. The Bertz CT molecular complexity index is 861. The van der Waals surface area contributed by atoms with Gasteiger partial charge in [-0.3, -0.25) is 9.69 Å². The summed E-state index contributed by atoms with van der Waals surface area (Å²) in [6.45, 7) is 1.51. The van der Waals surface area contributed by atoms with E-state index in [-0.39, 0.29) is 5.91 Å². The second kappa shape index (κ2) is 7.99. The van der Waals surface area contributed by atoms with Gasteiger partial charge in [0.2, 0.25) is 0 Å². The number of amides is 1. The van der Waals surface area contributed by atoms with E-state index in [9.17, 15) is 4.79 Å². The molecule has 6 heteroatoms. The normalized spacial score (nSPS) is 11.2. The molecule has 0 bridgehead atoms. The van der Waals surface area contributed by atoms with Crippen LogP contribution in [0.5, 0.6) is 0 Å². The predicted octanol–water partition coefficient (Wildman–Crippen LogP) is 2.81. The van der Waals surface area contributed by atoms with Crippen LogP contribution in [-0.2, 0) is 0 Å². The van der Waals surface area contributed by atoms with E-state index in [1.165, 1.54) is 4.90 Å². The van der Waals surface area contributed by atoms with Gasteiger partial charge in [-0.25, -0.2) is 4.98 Å². The number of likely N-dealkylation sites (N-methyl/N-ethyl adjacent to an activating group) is 1. The third kappa shape index (κ3) is 4.03. The SMILES string of the molecule is CSc1cccc2sc(N(CC[NH+](C)C)C(=O)c3ccccc3)nc12. The van der Waals surface area contributed by atoms with Crippen LogP contribution in [0.15, 0.2) is 53.4 Å². The number of fused-ring (bicyclic) bond motifs is 1. The average molecular weight is 373 g/mol. The lowest BCUT2D eigenvalue weighted by atomic mass is 10.2. The molecule has 0 saturated carbocycles. The highest BCUT2D eigenvalue weighted by atomic mass is 32.2. The van der Waals surface area contributed by atoms with Gasteiger partial charge in [-0.15, -0.1) is 11.8 Å². The van der Waals surface area contributed by atoms with Crippen LogP contribution >= 0.6 is 23.1 Å². The van der Waals surface area contributed by atoms with Crippen LogP contribution in [0.1, 0.15) is 10.4 Å². The first kappa shape index (κ1) is 17.9. The molecular formula is C19H22N3OS2+. The fraction of sp³-hybridized carbons (Fsp3) is 0.263. The standard InChI is InChI=1S/C19H21N3OS2/c1-21(2)12-13-22(18(23)14-8-5-4-6-9-14)19-20-17-15(24-3)10-7-11-16(17)25-19/h4-11H,12-13H2,1-3H3/p+1. The van der Waals surface area contributed by atoms with Crippen LogP contribution in [0.4, 0.5) is 5.13 Å². The summed E-state index contributed by atoms with van der Waals surface area (Å²) >= 11 is 3.26.